The SMILES string of the molecule is COC(=O)C1=CCC2C(C)(C)CCCC2(C)C1CCC(C)CCOC(=O)C(C)C. The Hall–Kier alpha value is -1.32. The third-order valence-electron chi connectivity index (χ3n) is 7.72. The zero-order valence-corrected chi connectivity index (χ0v) is 19.7. The monoisotopic (exact) mass is 406 g/mol. The Labute approximate surface area is 177 Å². The molecule has 0 aliphatic heterocycles. The van der Waals surface area contributed by atoms with Gasteiger partial charge in [-0.15, -0.1) is 0 Å². The average molecular weight is 407 g/mol. The van der Waals surface area contributed by atoms with Gasteiger partial charge in [0.05, 0.1) is 19.6 Å². The summed E-state index contributed by atoms with van der Waals surface area (Å²) in [6, 6.07) is 0. The van der Waals surface area contributed by atoms with E-state index in [4.69, 9.17) is 9.47 Å². The van der Waals surface area contributed by atoms with Crippen molar-refractivity contribution in [1.29, 1.82) is 0 Å². The van der Waals surface area contributed by atoms with Crippen molar-refractivity contribution < 1.29 is 19.1 Å². The van der Waals surface area contributed by atoms with Gasteiger partial charge >= 0.3 is 11.9 Å². The molecule has 4 heteroatoms. The van der Waals surface area contributed by atoms with Crippen LogP contribution in [-0.2, 0) is 19.1 Å². The molecule has 29 heavy (non-hydrogen) atoms. The van der Waals surface area contributed by atoms with Crippen molar-refractivity contribution in [3.63, 3.8) is 0 Å². The maximum absolute atomic E-state index is 12.6. The van der Waals surface area contributed by atoms with E-state index < -0.39 is 0 Å². The molecule has 4 unspecified atom stereocenters. The van der Waals surface area contributed by atoms with Gasteiger partial charge < -0.3 is 9.47 Å². The lowest BCUT2D eigenvalue weighted by molar-refractivity contribution is -0.147. The number of fused-ring (bicyclic) bond motifs is 1. The summed E-state index contributed by atoms with van der Waals surface area (Å²) in [6.07, 6.45) is 9.71. The van der Waals surface area contributed by atoms with Crippen LogP contribution in [0, 0.1) is 34.5 Å². The van der Waals surface area contributed by atoms with Crippen LogP contribution in [0.25, 0.3) is 0 Å². The number of rotatable bonds is 8. The Bertz CT molecular complexity index is 618. The summed E-state index contributed by atoms with van der Waals surface area (Å²) in [5, 5.41) is 0. The zero-order valence-electron chi connectivity index (χ0n) is 19.7. The Morgan fingerprint density at radius 3 is 2.45 bits per heavy atom. The van der Waals surface area contributed by atoms with Crippen LogP contribution in [0.2, 0.25) is 0 Å². The van der Waals surface area contributed by atoms with E-state index in [0.29, 0.717) is 23.9 Å². The van der Waals surface area contributed by atoms with E-state index in [2.05, 4.69) is 33.8 Å². The van der Waals surface area contributed by atoms with E-state index in [1.165, 1.54) is 26.4 Å². The summed E-state index contributed by atoms with van der Waals surface area (Å²) in [5.41, 5.74) is 1.34. The first-order valence-electron chi connectivity index (χ1n) is 11.5. The predicted molar refractivity (Wildman–Crippen MR) is 116 cm³/mol. The van der Waals surface area contributed by atoms with Crippen molar-refractivity contribution >= 4 is 11.9 Å². The quantitative estimate of drug-likeness (QED) is 0.468. The number of esters is 2. The lowest BCUT2D eigenvalue weighted by atomic mass is 9.48. The molecule has 0 aromatic carbocycles. The number of methoxy groups -OCH3 is 1. The molecule has 0 spiro atoms. The Balaban J connectivity index is 2.07. The molecular formula is C25H42O4. The number of carbonyl (C=O) groups excluding carboxylic acids is 2. The van der Waals surface area contributed by atoms with Gasteiger partial charge in [0, 0.05) is 5.57 Å². The van der Waals surface area contributed by atoms with E-state index in [-0.39, 0.29) is 29.2 Å². The van der Waals surface area contributed by atoms with Crippen LogP contribution >= 0.6 is 0 Å². The van der Waals surface area contributed by atoms with Gasteiger partial charge in [-0.1, -0.05) is 54.0 Å². The van der Waals surface area contributed by atoms with Crippen molar-refractivity contribution in [1.82, 2.24) is 0 Å². The fourth-order valence-corrected chi connectivity index (χ4v) is 5.87. The van der Waals surface area contributed by atoms with Crippen LogP contribution in [0.1, 0.15) is 86.5 Å². The van der Waals surface area contributed by atoms with Crippen LogP contribution in [0.4, 0.5) is 0 Å². The summed E-state index contributed by atoms with van der Waals surface area (Å²) in [5.74, 6) is 0.941. The Morgan fingerprint density at radius 2 is 1.83 bits per heavy atom. The molecule has 0 bridgehead atoms. The fourth-order valence-electron chi connectivity index (χ4n) is 5.87. The summed E-state index contributed by atoms with van der Waals surface area (Å²) >= 11 is 0. The van der Waals surface area contributed by atoms with Gasteiger partial charge in [0.2, 0.25) is 0 Å². The minimum Gasteiger partial charge on any atom is -0.466 e. The van der Waals surface area contributed by atoms with Crippen LogP contribution in [0.5, 0.6) is 0 Å². The molecule has 0 N–H and O–H groups in total. The highest BCUT2D eigenvalue weighted by atomic mass is 16.5. The second-order valence-corrected chi connectivity index (χ2v) is 10.6. The van der Waals surface area contributed by atoms with Crippen LogP contribution in [-0.4, -0.2) is 25.7 Å². The minimum absolute atomic E-state index is 0.0770. The van der Waals surface area contributed by atoms with E-state index >= 15 is 0 Å². The highest BCUT2D eigenvalue weighted by molar-refractivity contribution is 5.89. The average Bonchev–Trinajstić information content (AvgIpc) is 2.64. The molecule has 0 heterocycles. The van der Waals surface area contributed by atoms with E-state index in [0.717, 1.165) is 31.3 Å². The second kappa shape index (κ2) is 9.66. The number of hydrogen-bond acceptors (Lipinski definition) is 4. The molecule has 0 radical (unpaired) electrons. The molecule has 0 saturated heterocycles. The normalized spacial score (nSPS) is 29.6. The molecule has 0 aromatic heterocycles. The highest BCUT2D eigenvalue weighted by Crippen LogP contribution is 2.60. The molecule has 2 aliphatic rings. The molecule has 1 fully saturated rings. The zero-order chi connectivity index (χ0) is 21.8. The topological polar surface area (TPSA) is 52.6 Å². The van der Waals surface area contributed by atoms with Crippen molar-refractivity contribution in [2.45, 2.75) is 86.5 Å². The summed E-state index contributed by atoms with van der Waals surface area (Å²) < 4.78 is 10.5. The van der Waals surface area contributed by atoms with Crippen LogP contribution < -0.4 is 0 Å². The van der Waals surface area contributed by atoms with Gasteiger partial charge in [0.1, 0.15) is 0 Å². The van der Waals surface area contributed by atoms with Crippen molar-refractivity contribution in [2.24, 2.45) is 34.5 Å². The van der Waals surface area contributed by atoms with Crippen molar-refractivity contribution in [3.05, 3.63) is 11.6 Å². The first-order chi connectivity index (χ1) is 13.5. The molecule has 2 rings (SSSR count). The minimum atomic E-state index is -0.156. The maximum atomic E-state index is 12.6. The van der Waals surface area contributed by atoms with E-state index in [1.54, 1.807) is 0 Å². The highest BCUT2D eigenvalue weighted by Gasteiger charge is 2.53. The maximum Gasteiger partial charge on any atom is 0.333 e. The summed E-state index contributed by atoms with van der Waals surface area (Å²) in [7, 11) is 1.49. The van der Waals surface area contributed by atoms with Gasteiger partial charge in [-0.2, -0.15) is 0 Å². The summed E-state index contributed by atoms with van der Waals surface area (Å²) in [4.78, 5) is 24.2. The largest absolute Gasteiger partial charge is 0.466 e. The van der Waals surface area contributed by atoms with Gasteiger partial charge in [-0.05, 0) is 67.1 Å². The van der Waals surface area contributed by atoms with Gasteiger partial charge in [0.15, 0.2) is 0 Å². The molecule has 1 saturated carbocycles. The number of ether oxygens (including phenoxy) is 2. The molecule has 2 aliphatic carbocycles. The van der Waals surface area contributed by atoms with Gasteiger partial charge in [-0.25, -0.2) is 4.79 Å². The smallest absolute Gasteiger partial charge is 0.333 e. The summed E-state index contributed by atoms with van der Waals surface area (Å²) in [6.45, 7) is 13.6. The lowest BCUT2D eigenvalue weighted by Crippen LogP contribution is -2.49. The van der Waals surface area contributed by atoms with Crippen LogP contribution in [0.15, 0.2) is 11.6 Å². The first kappa shape index (κ1) is 24.0. The third kappa shape index (κ3) is 5.44. The molecule has 166 valence electrons. The standard InChI is InChI=1S/C25H42O4/c1-17(2)22(26)29-16-13-18(3)9-11-20-19(23(27)28-7)10-12-21-24(4,5)14-8-15-25(20,21)6/h10,17-18,20-21H,8-9,11-16H2,1-7H3. The van der Waals surface area contributed by atoms with Crippen LogP contribution in [0.3, 0.4) is 0 Å². The molecule has 0 aromatic rings. The molecule has 4 nitrogen and oxygen atoms in total. The van der Waals surface area contributed by atoms with Crippen molar-refractivity contribution in [3.8, 4) is 0 Å². The first-order valence-corrected chi connectivity index (χ1v) is 11.5. The second-order valence-electron chi connectivity index (χ2n) is 10.6. The molecular weight excluding hydrogens is 364 g/mol. The Morgan fingerprint density at radius 1 is 1.14 bits per heavy atom. The van der Waals surface area contributed by atoms with Gasteiger partial charge in [0.25, 0.3) is 0 Å². The molecule has 4 atom stereocenters. The van der Waals surface area contributed by atoms with E-state index in [1.807, 2.05) is 13.8 Å². The van der Waals surface area contributed by atoms with Crippen molar-refractivity contribution in [2.75, 3.05) is 13.7 Å². The third-order valence-corrected chi connectivity index (χ3v) is 7.72. The molecule has 0 amide bonds. The lowest BCUT2D eigenvalue weighted by Gasteiger charge is -2.56. The van der Waals surface area contributed by atoms with E-state index in [9.17, 15) is 9.59 Å². The number of allylic oxidation sites excluding steroid dienone is 1. The predicted octanol–water partition coefficient (Wildman–Crippen LogP) is 5.94. The number of hydrogen-bond donors (Lipinski definition) is 0. The van der Waals surface area contributed by atoms with Gasteiger partial charge in [-0.3, -0.25) is 4.79 Å². The number of carbonyl (C=O) groups is 2. The Kier molecular flexibility index (Phi) is 7.98. The fraction of sp³-hybridized carbons (Fsp3) is 0.840.